The number of hydrogen-bond donors (Lipinski definition) is 1. The van der Waals surface area contributed by atoms with Crippen molar-refractivity contribution in [1.82, 2.24) is 0 Å². The Labute approximate surface area is 117 Å². The summed E-state index contributed by atoms with van der Waals surface area (Å²) in [5.74, 6) is -0.342. The predicted molar refractivity (Wildman–Crippen MR) is 75.5 cm³/mol. The third-order valence-electron chi connectivity index (χ3n) is 3.95. The molecule has 0 heterocycles. The topological polar surface area (TPSA) is 29.5 Å². The third-order valence-corrected chi connectivity index (χ3v) is 3.95. The number of aliphatic hydroxyl groups excluding tert-OH is 1. The Balaban J connectivity index is 1.98. The van der Waals surface area contributed by atoms with Gasteiger partial charge in [0.1, 0.15) is 6.10 Å². The van der Waals surface area contributed by atoms with Crippen LogP contribution in [0.25, 0.3) is 0 Å². The first-order chi connectivity index (χ1) is 9.70. The van der Waals surface area contributed by atoms with Crippen molar-refractivity contribution in [2.75, 3.05) is 7.11 Å². The van der Waals surface area contributed by atoms with Crippen LogP contribution in [0.3, 0.4) is 0 Å². The minimum atomic E-state index is -0.962. The van der Waals surface area contributed by atoms with Gasteiger partial charge in [-0.15, -0.1) is 0 Å². The summed E-state index contributed by atoms with van der Waals surface area (Å²) in [6, 6.07) is 10.7. The zero-order valence-corrected chi connectivity index (χ0v) is 11.4. The van der Waals surface area contributed by atoms with Crippen LogP contribution in [0, 0.1) is 5.82 Å². The molecule has 0 aliphatic heterocycles. The highest BCUT2D eigenvalue weighted by molar-refractivity contribution is 5.41. The van der Waals surface area contributed by atoms with Gasteiger partial charge in [-0.05, 0) is 42.0 Å². The highest BCUT2D eigenvalue weighted by atomic mass is 19.1. The molecule has 0 bridgehead atoms. The molecule has 1 aliphatic carbocycles. The van der Waals surface area contributed by atoms with Gasteiger partial charge in [-0.2, -0.15) is 0 Å². The van der Waals surface area contributed by atoms with E-state index in [-0.39, 0.29) is 11.3 Å². The molecule has 3 rings (SSSR count). The lowest BCUT2D eigenvalue weighted by Crippen LogP contribution is -2.04. The van der Waals surface area contributed by atoms with Crippen molar-refractivity contribution in [3.8, 4) is 5.75 Å². The van der Waals surface area contributed by atoms with Crippen molar-refractivity contribution in [1.29, 1.82) is 0 Å². The van der Waals surface area contributed by atoms with E-state index in [1.165, 1.54) is 18.2 Å². The predicted octanol–water partition coefficient (Wildman–Crippen LogP) is 3.40. The molecule has 1 N–H and O–H groups in total. The van der Waals surface area contributed by atoms with Crippen LogP contribution in [0.5, 0.6) is 5.75 Å². The molecular weight excluding hydrogens is 255 g/mol. The molecule has 0 radical (unpaired) electrons. The fraction of sp³-hybridized carbons (Fsp3) is 0.294. The molecule has 0 spiro atoms. The molecule has 1 aliphatic rings. The zero-order valence-electron chi connectivity index (χ0n) is 11.4. The van der Waals surface area contributed by atoms with E-state index in [2.05, 4.69) is 0 Å². The Hall–Kier alpha value is -1.87. The van der Waals surface area contributed by atoms with Crippen LogP contribution in [0.2, 0.25) is 0 Å². The lowest BCUT2D eigenvalue weighted by atomic mass is 9.97. The standard InChI is InChI=1S/C17H17FO2/c1-20-15-7-3-6-14(16(15)18)17(19)13-9-8-11-4-2-5-12(11)10-13/h3,6-10,17,19H,2,4-5H2,1H3. The fourth-order valence-corrected chi connectivity index (χ4v) is 2.84. The van der Waals surface area contributed by atoms with Crippen LogP contribution in [-0.4, -0.2) is 12.2 Å². The number of benzene rings is 2. The molecule has 2 nitrogen and oxygen atoms in total. The van der Waals surface area contributed by atoms with E-state index < -0.39 is 11.9 Å². The van der Waals surface area contributed by atoms with Gasteiger partial charge in [-0.1, -0.05) is 30.3 Å². The quantitative estimate of drug-likeness (QED) is 0.928. The van der Waals surface area contributed by atoms with Gasteiger partial charge in [0, 0.05) is 5.56 Å². The number of aryl methyl sites for hydroxylation is 2. The maximum atomic E-state index is 14.2. The first-order valence-electron chi connectivity index (χ1n) is 6.83. The summed E-state index contributed by atoms with van der Waals surface area (Å²) in [6.07, 6.45) is 2.33. The Morgan fingerprint density at radius 3 is 2.75 bits per heavy atom. The molecular formula is C17H17FO2. The van der Waals surface area contributed by atoms with E-state index in [0.717, 1.165) is 24.8 Å². The van der Waals surface area contributed by atoms with Crippen LogP contribution in [-0.2, 0) is 12.8 Å². The summed E-state index contributed by atoms with van der Waals surface area (Å²) >= 11 is 0. The summed E-state index contributed by atoms with van der Waals surface area (Å²) in [5.41, 5.74) is 3.59. The van der Waals surface area contributed by atoms with Gasteiger partial charge in [-0.3, -0.25) is 0 Å². The summed E-state index contributed by atoms with van der Waals surface area (Å²) in [5, 5.41) is 10.4. The molecule has 3 heteroatoms. The van der Waals surface area contributed by atoms with Crippen LogP contribution < -0.4 is 4.74 Å². The van der Waals surface area contributed by atoms with Crippen molar-refractivity contribution in [3.63, 3.8) is 0 Å². The van der Waals surface area contributed by atoms with Gasteiger partial charge in [0.15, 0.2) is 11.6 Å². The van der Waals surface area contributed by atoms with Gasteiger partial charge < -0.3 is 9.84 Å². The van der Waals surface area contributed by atoms with Gasteiger partial charge >= 0.3 is 0 Å². The number of ether oxygens (including phenoxy) is 1. The summed E-state index contributed by atoms with van der Waals surface area (Å²) in [4.78, 5) is 0. The summed E-state index contributed by atoms with van der Waals surface area (Å²) in [6.45, 7) is 0. The highest BCUT2D eigenvalue weighted by Gasteiger charge is 2.20. The largest absolute Gasteiger partial charge is 0.494 e. The Bertz CT molecular complexity index is 637. The Morgan fingerprint density at radius 1 is 1.15 bits per heavy atom. The highest BCUT2D eigenvalue weighted by Crippen LogP contribution is 2.31. The Morgan fingerprint density at radius 2 is 1.95 bits per heavy atom. The zero-order chi connectivity index (χ0) is 14.1. The lowest BCUT2D eigenvalue weighted by molar-refractivity contribution is 0.213. The summed E-state index contributed by atoms with van der Waals surface area (Å²) in [7, 11) is 1.42. The minimum absolute atomic E-state index is 0.155. The molecule has 0 amide bonds. The molecule has 0 saturated heterocycles. The average molecular weight is 272 g/mol. The van der Waals surface area contributed by atoms with E-state index in [9.17, 15) is 9.50 Å². The number of halogens is 1. The molecule has 2 aromatic carbocycles. The van der Waals surface area contributed by atoms with Crippen molar-refractivity contribution >= 4 is 0 Å². The molecule has 0 saturated carbocycles. The number of rotatable bonds is 3. The fourth-order valence-electron chi connectivity index (χ4n) is 2.84. The van der Waals surface area contributed by atoms with Gasteiger partial charge in [0.25, 0.3) is 0 Å². The average Bonchev–Trinajstić information content (AvgIpc) is 2.94. The summed E-state index contributed by atoms with van der Waals surface area (Å²) < 4.78 is 19.2. The SMILES string of the molecule is COc1cccc(C(O)c2ccc3c(c2)CCC3)c1F. The molecule has 20 heavy (non-hydrogen) atoms. The smallest absolute Gasteiger partial charge is 0.171 e. The van der Waals surface area contributed by atoms with Crippen LogP contribution in [0.1, 0.15) is 34.8 Å². The van der Waals surface area contributed by atoms with Crippen molar-refractivity contribution in [2.45, 2.75) is 25.4 Å². The molecule has 0 aromatic heterocycles. The first-order valence-corrected chi connectivity index (χ1v) is 6.83. The van der Waals surface area contributed by atoms with Gasteiger partial charge in [0.05, 0.1) is 7.11 Å². The van der Waals surface area contributed by atoms with Crippen molar-refractivity contribution in [2.24, 2.45) is 0 Å². The normalized spacial score (nSPS) is 14.9. The second-order valence-electron chi connectivity index (χ2n) is 5.15. The van der Waals surface area contributed by atoms with E-state index in [0.29, 0.717) is 0 Å². The molecule has 1 atom stereocenters. The maximum absolute atomic E-state index is 14.2. The first kappa shape index (κ1) is 13.1. The van der Waals surface area contributed by atoms with E-state index in [1.807, 2.05) is 18.2 Å². The van der Waals surface area contributed by atoms with Gasteiger partial charge in [0.2, 0.25) is 0 Å². The van der Waals surface area contributed by atoms with Crippen molar-refractivity contribution < 1.29 is 14.2 Å². The molecule has 1 unspecified atom stereocenters. The molecule has 104 valence electrons. The third kappa shape index (κ3) is 2.18. The lowest BCUT2D eigenvalue weighted by Gasteiger charge is -2.15. The van der Waals surface area contributed by atoms with Gasteiger partial charge in [-0.25, -0.2) is 4.39 Å². The van der Waals surface area contributed by atoms with E-state index in [1.54, 1.807) is 18.2 Å². The maximum Gasteiger partial charge on any atom is 0.171 e. The van der Waals surface area contributed by atoms with Crippen LogP contribution in [0.4, 0.5) is 4.39 Å². The monoisotopic (exact) mass is 272 g/mol. The van der Waals surface area contributed by atoms with Crippen LogP contribution >= 0.6 is 0 Å². The second kappa shape index (κ2) is 5.25. The van der Waals surface area contributed by atoms with E-state index in [4.69, 9.17) is 4.74 Å². The second-order valence-corrected chi connectivity index (χ2v) is 5.15. The van der Waals surface area contributed by atoms with Crippen LogP contribution in [0.15, 0.2) is 36.4 Å². The number of fused-ring (bicyclic) bond motifs is 1. The Kier molecular flexibility index (Phi) is 3.45. The minimum Gasteiger partial charge on any atom is -0.494 e. The molecule has 0 fully saturated rings. The number of aliphatic hydroxyl groups is 1. The number of hydrogen-bond acceptors (Lipinski definition) is 2. The number of methoxy groups -OCH3 is 1. The molecule has 2 aromatic rings. The van der Waals surface area contributed by atoms with Crippen molar-refractivity contribution in [3.05, 3.63) is 64.5 Å². The van der Waals surface area contributed by atoms with E-state index >= 15 is 0 Å².